The van der Waals surface area contributed by atoms with Gasteiger partial charge in [0.25, 0.3) is 0 Å². The predicted octanol–water partition coefficient (Wildman–Crippen LogP) is 1.67. The Morgan fingerprint density at radius 3 is 2.48 bits per heavy atom. The third-order valence-electron chi connectivity index (χ3n) is 2.87. The second-order valence-corrected chi connectivity index (χ2v) is 4.97. The zero-order valence-electron chi connectivity index (χ0n) is 12.7. The van der Waals surface area contributed by atoms with Gasteiger partial charge in [-0.15, -0.1) is 12.4 Å². The molecule has 0 heterocycles. The van der Waals surface area contributed by atoms with Crippen molar-refractivity contribution < 1.29 is 27.8 Å². The molecule has 0 aromatic heterocycles. The van der Waals surface area contributed by atoms with E-state index in [0.717, 1.165) is 6.07 Å². The van der Waals surface area contributed by atoms with E-state index in [4.69, 9.17) is 10.5 Å². The molecule has 0 fully saturated rings. The number of likely N-dealkylation sites (N-methyl/N-ethyl adjacent to an activating group) is 1. The highest BCUT2D eigenvalue weighted by molar-refractivity contribution is 5.85. The number of aliphatic hydroxyl groups excluding tert-OH is 1. The van der Waals surface area contributed by atoms with E-state index in [1.54, 1.807) is 0 Å². The first-order chi connectivity index (χ1) is 10.1. The van der Waals surface area contributed by atoms with Crippen molar-refractivity contribution in [1.82, 2.24) is 4.90 Å². The molecule has 3 N–H and O–H groups in total. The second-order valence-electron chi connectivity index (χ2n) is 4.97. The van der Waals surface area contributed by atoms with Gasteiger partial charge in [0.15, 0.2) is 0 Å². The van der Waals surface area contributed by atoms with Crippen LogP contribution in [0, 0.1) is 0 Å². The number of aliphatic hydroxyl groups is 1. The Balaban J connectivity index is 0.00000484. The van der Waals surface area contributed by atoms with Crippen LogP contribution in [0.3, 0.4) is 0 Å². The van der Waals surface area contributed by atoms with Crippen LogP contribution in [0.15, 0.2) is 24.3 Å². The molecular weight excluding hydrogens is 337 g/mol. The number of halogens is 4. The summed E-state index contributed by atoms with van der Waals surface area (Å²) in [4.78, 5) is 12.7. The van der Waals surface area contributed by atoms with Gasteiger partial charge in [-0.3, -0.25) is 4.79 Å². The molecule has 9 heteroatoms. The van der Waals surface area contributed by atoms with E-state index in [1.807, 2.05) is 0 Å². The van der Waals surface area contributed by atoms with Gasteiger partial charge >= 0.3 is 6.18 Å². The number of hydrogen-bond acceptors (Lipinski definition) is 4. The number of amides is 1. The predicted molar refractivity (Wildman–Crippen MR) is 81.5 cm³/mol. The Bertz CT molecular complexity index is 512. The third kappa shape index (κ3) is 6.64. The molecule has 0 radical (unpaired) electrons. The van der Waals surface area contributed by atoms with E-state index in [9.17, 15) is 23.1 Å². The van der Waals surface area contributed by atoms with Crippen molar-refractivity contribution in [3.05, 3.63) is 29.8 Å². The van der Waals surface area contributed by atoms with Gasteiger partial charge in [0.2, 0.25) is 5.91 Å². The molecular formula is C14H20ClF3N2O3. The van der Waals surface area contributed by atoms with E-state index >= 15 is 0 Å². The van der Waals surface area contributed by atoms with Crippen molar-refractivity contribution in [1.29, 1.82) is 0 Å². The molecule has 0 bridgehead atoms. The minimum Gasteiger partial charge on any atom is -0.490 e. The van der Waals surface area contributed by atoms with E-state index in [-0.39, 0.29) is 37.2 Å². The summed E-state index contributed by atoms with van der Waals surface area (Å²) in [6.07, 6.45) is -5.67. The molecule has 1 rings (SSSR count). The summed E-state index contributed by atoms with van der Waals surface area (Å²) in [5, 5.41) is 9.76. The summed E-state index contributed by atoms with van der Waals surface area (Å²) >= 11 is 0. The van der Waals surface area contributed by atoms with Crippen LogP contribution in [0.5, 0.6) is 5.75 Å². The molecule has 1 amide bonds. The minimum atomic E-state index is -4.54. The van der Waals surface area contributed by atoms with Gasteiger partial charge in [-0.05, 0) is 19.1 Å². The number of carbonyl (C=O) groups excluding carboxylic acids is 1. The Hall–Kier alpha value is -1.51. The van der Waals surface area contributed by atoms with Crippen LogP contribution in [0.4, 0.5) is 13.2 Å². The summed E-state index contributed by atoms with van der Waals surface area (Å²) in [7, 11) is 1.44. The lowest BCUT2D eigenvalue weighted by molar-refractivity contribution is -0.139. The fourth-order valence-electron chi connectivity index (χ4n) is 1.82. The number of rotatable bonds is 6. The molecule has 0 saturated heterocycles. The molecule has 1 aromatic rings. The standard InChI is InChI=1S/C14H19F3N2O3.ClH/c1-9(18)13(21)19(2)7-10(20)8-22-12-6-4-3-5-11(12)14(15,16)17;/h3-6,9-10,20H,7-8,18H2,1-2H3;1H/t9-,10?;/m0./s1. The van der Waals surface area contributed by atoms with Crippen molar-refractivity contribution >= 4 is 18.3 Å². The van der Waals surface area contributed by atoms with Crippen molar-refractivity contribution in [3.63, 3.8) is 0 Å². The van der Waals surface area contributed by atoms with Crippen LogP contribution < -0.4 is 10.5 Å². The van der Waals surface area contributed by atoms with Crippen molar-refractivity contribution in [3.8, 4) is 5.75 Å². The number of nitrogens with two attached hydrogens (primary N) is 1. The maximum atomic E-state index is 12.8. The van der Waals surface area contributed by atoms with Crippen molar-refractivity contribution in [2.45, 2.75) is 25.2 Å². The smallest absolute Gasteiger partial charge is 0.419 e. The number of nitrogens with zero attached hydrogens (tertiary/aromatic N) is 1. The van der Waals surface area contributed by atoms with Crippen molar-refractivity contribution in [2.75, 3.05) is 20.2 Å². The normalized spacial score (nSPS) is 13.7. The monoisotopic (exact) mass is 356 g/mol. The lowest BCUT2D eigenvalue weighted by Crippen LogP contribution is -2.44. The van der Waals surface area contributed by atoms with E-state index in [2.05, 4.69) is 0 Å². The molecule has 5 nitrogen and oxygen atoms in total. The molecule has 0 saturated carbocycles. The van der Waals surface area contributed by atoms with E-state index in [0.29, 0.717) is 0 Å². The third-order valence-corrected chi connectivity index (χ3v) is 2.87. The highest BCUT2D eigenvalue weighted by atomic mass is 35.5. The fourth-order valence-corrected chi connectivity index (χ4v) is 1.82. The van der Waals surface area contributed by atoms with E-state index in [1.165, 1.54) is 37.1 Å². The zero-order chi connectivity index (χ0) is 16.9. The Labute approximate surface area is 138 Å². The van der Waals surface area contributed by atoms with Crippen molar-refractivity contribution in [2.24, 2.45) is 5.73 Å². The Morgan fingerprint density at radius 1 is 1.39 bits per heavy atom. The lowest BCUT2D eigenvalue weighted by atomic mass is 10.2. The molecule has 23 heavy (non-hydrogen) atoms. The van der Waals surface area contributed by atoms with Crippen LogP contribution in [0.2, 0.25) is 0 Å². The average Bonchev–Trinajstić information content (AvgIpc) is 2.43. The van der Waals surface area contributed by atoms with Gasteiger partial charge in [0, 0.05) is 13.6 Å². The molecule has 0 spiro atoms. The molecule has 2 atom stereocenters. The first-order valence-corrected chi connectivity index (χ1v) is 6.60. The van der Waals surface area contributed by atoms with Gasteiger partial charge < -0.3 is 20.5 Å². The van der Waals surface area contributed by atoms with Crippen LogP contribution in [0.1, 0.15) is 12.5 Å². The van der Waals surface area contributed by atoms with Gasteiger partial charge in [-0.2, -0.15) is 13.2 Å². The van der Waals surface area contributed by atoms with Crippen LogP contribution >= 0.6 is 12.4 Å². The highest BCUT2D eigenvalue weighted by Gasteiger charge is 2.34. The second kappa shape index (κ2) is 8.95. The zero-order valence-corrected chi connectivity index (χ0v) is 13.5. The first-order valence-electron chi connectivity index (χ1n) is 6.60. The molecule has 0 aliphatic carbocycles. The summed E-state index contributed by atoms with van der Waals surface area (Å²) < 4.78 is 43.3. The van der Waals surface area contributed by atoms with Crippen LogP contribution in [-0.4, -0.2) is 48.3 Å². The van der Waals surface area contributed by atoms with E-state index < -0.39 is 23.9 Å². The summed E-state index contributed by atoms with van der Waals surface area (Å²) in [5.41, 5.74) is 4.50. The molecule has 1 unspecified atom stereocenters. The number of ether oxygens (including phenoxy) is 1. The number of benzene rings is 1. The number of hydrogen-bond donors (Lipinski definition) is 2. The summed E-state index contributed by atoms with van der Waals surface area (Å²) in [6.45, 7) is 1.04. The highest BCUT2D eigenvalue weighted by Crippen LogP contribution is 2.35. The van der Waals surface area contributed by atoms with Crippen LogP contribution in [-0.2, 0) is 11.0 Å². The number of para-hydroxylation sites is 1. The SMILES string of the molecule is C[C@H](N)C(=O)N(C)CC(O)COc1ccccc1C(F)(F)F.Cl. The summed E-state index contributed by atoms with van der Waals surface area (Å²) in [5.74, 6) is -0.745. The Morgan fingerprint density at radius 2 is 1.96 bits per heavy atom. The lowest BCUT2D eigenvalue weighted by Gasteiger charge is -2.23. The van der Waals surface area contributed by atoms with Gasteiger partial charge in [0.05, 0.1) is 11.6 Å². The largest absolute Gasteiger partial charge is 0.490 e. The molecule has 1 aromatic carbocycles. The molecule has 0 aliphatic rings. The summed E-state index contributed by atoms with van der Waals surface area (Å²) in [6, 6.07) is 4.01. The van der Waals surface area contributed by atoms with Gasteiger partial charge in [0.1, 0.15) is 18.5 Å². The van der Waals surface area contributed by atoms with Crippen LogP contribution in [0.25, 0.3) is 0 Å². The topological polar surface area (TPSA) is 75.8 Å². The number of carbonyl (C=O) groups is 1. The number of alkyl halides is 3. The maximum Gasteiger partial charge on any atom is 0.419 e. The molecule has 132 valence electrons. The van der Waals surface area contributed by atoms with Gasteiger partial charge in [-0.1, -0.05) is 12.1 Å². The Kier molecular flexibility index (Phi) is 8.36. The minimum absolute atomic E-state index is 0. The molecule has 0 aliphatic heterocycles. The quantitative estimate of drug-likeness (QED) is 0.813. The fraction of sp³-hybridized carbons (Fsp3) is 0.500. The first kappa shape index (κ1) is 21.5. The average molecular weight is 357 g/mol. The maximum absolute atomic E-state index is 12.8. The van der Waals surface area contributed by atoms with Gasteiger partial charge in [-0.25, -0.2) is 0 Å².